The highest BCUT2D eigenvalue weighted by Gasteiger charge is 2.23. The number of methoxy groups -OCH3 is 1. The molecule has 1 heterocycles. The van der Waals surface area contributed by atoms with E-state index in [0.29, 0.717) is 24.4 Å². The van der Waals surface area contributed by atoms with Gasteiger partial charge in [0.05, 0.1) is 12.7 Å². The van der Waals surface area contributed by atoms with Gasteiger partial charge in [-0.05, 0) is 24.7 Å². The second kappa shape index (κ2) is 5.93. The predicted octanol–water partition coefficient (Wildman–Crippen LogP) is 1.18. The van der Waals surface area contributed by atoms with Crippen molar-refractivity contribution >= 4 is 5.91 Å². The van der Waals surface area contributed by atoms with Crippen molar-refractivity contribution in [1.82, 2.24) is 9.80 Å². The lowest BCUT2D eigenvalue weighted by molar-refractivity contribution is 0.0640. The first-order chi connectivity index (χ1) is 9.15. The molecular formula is C14H20N2O3. The van der Waals surface area contributed by atoms with Crippen LogP contribution in [-0.2, 0) is 0 Å². The Morgan fingerprint density at radius 3 is 2.58 bits per heavy atom. The van der Waals surface area contributed by atoms with Gasteiger partial charge in [-0.25, -0.2) is 0 Å². The van der Waals surface area contributed by atoms with Crippen LogP contribution in [0.4, 0.5) is 0 Å². The zero-order valence-electron chi connectivity index (χ0n) is 11.4. The SMILES string of the molecule is CCN1CCN(C(=O)c2cc(OC)ccc2O)CC1. The maximum Gasteiger partial charge on any atom is 0.257 e. The van der Waals surface area contributed by atoms with E-state index in [1.165, 1.54) is 6.07 Å². The Kier molecular flexibility index (Phi) is 4.27. The fraction of sp³-hybridized carbons (Fsp3) is 0.500. The quantitative estimate of drug-likeness (QED) is 0.890. The molecule has 1 aromatic carbocycles. The van der Waals surface area contributed by atoms with Crippen molar-refractivity contribution in [2.24, 2.45) is 0 Å². The highest BCUT2D eigenvalue weighted by atomic mass is 16.5. The third-order valence-corrected chi connectivity index (χ3v) is 3.54. The largest absolute Gasteiger partial charge is 0.507 e. The van der Waals surface area contributed by atoms with Crippen molar-refractivity contribution in [2.75, 3.05) is 39.8 Å². The molecule has 0 bridgehead atoms. The minimum absolute atomic E-state index is 0.00345. The summed E-state index contributed by atoms with van der Waals surface area (Å²) in [5, 5.41) is 9.82. The van der Waals surface area contributed by atoms with Crippen LogP contribution in [0, 0.1) is 0 Å². The summed E-state index contributed by atoms with van der Waals surface area (Å²) >= 11 is 0. The van der Waals surface area contributed by atoms with E-state index in [1.807, 2.05) is 0 Å². The fourth-order valence-electron chi connectivity index (χ4n) is 2.25. The summed E-state index contributed by atoms with van der Waals surface area (Å²) in [7, 11) is 1.54. The van der Waals surface area contributed by atoms with Gasteiger partial charge in [0, 0.05) is 26.2 Å². The van der Waals surface area contributed by atoms with Gasteiger partial charge in [-0.1, -0.05) is 6.92 Å². The molecule has 0 radical (unpaired) electrons. The molecule has 0 spiro atoms. The summed E-state index contributed by atoms with van der Waals surface area (Å²) in [5.41, 5.74) is 0.310. The molecule has 0 saturated carbocycles. The molecule has 0 aliphatic carbocycles. The Bertz CT molecular complexity index is 454. The lowest BCUT2D eigenvalue weighted by atomic mass is 10.1. The number of amides is 1. The lowest BCUT2D eigenvalue weighted by Crippen LogP contribution is -2.48. The molecule has 0 atom stereocenters. The molecule has 1 aliphatic rings. The van der Waals surface area contributed by atoms with Crippen molar-refractivity contribution in [3.05, 3.63) is 23.8 Å². The monoisotopic (exact) mass is 264 g/mol. The number of rotatable bonds is 3. The van der Waals surface area contributed by atoms with Crippen LogP contribution in [-0.4, -0.2) is 60.6 Å². The Labute approximate surface area is 113 Å². The smallest absolute Gasteiger partial charge is 0.257 e. The van der Waals surface area contributed by atoms with E-state index in [-0.39, 0.29) is 11.7 Å². The highest BCUT2D eigenvalue weighted by Crippen LogP contribution is 2.24. The number of ether oxygens (including phenoxy) is 1. The van der Waals surface area contributed by atoms with Crippen molar-refractivity contribution < 1.29 is 14.6 Å². The average molecular weight is 264 g/mol. The van der Waals surface area contributed by atoms with Crippen LogP contribution in [0.15, 0.2) is 18.2 Å². The number of nitrogens with zero attached hydrogens (tertiary/aromatic N) is 2. The summed E-state index contributed by atoms with van der Waals surface area (Å²) in [5.74, 6) is 0.448. The topological polar surface area (TPSA) is 53.0 Å². The maximum absolute atomic E-state index is 12.4. The first kappa shape index (κ1) is 13.7. The van der Waals surface area contributed by atoms with Crippen molar-refractivity contribution in [3.63, 3.8) is 0 Å². The highest BCUT2D eigenvalue weighted by molar-refractivity contribution is 5.97. The standard InChI is InChI=1S/C14H20N2O3/c1-3-15-6-8-16(9-7-15)14(18)12-10-11(19-2)4-5-13(12)17/h4-5,10,17H,3,6-9H2,1-2H3. The van der Waals surface area contributed by atoms with E-state index in [0.717, 1.165) is 19.6 Å². The molecule has 1 fully saturated rings. The molecule has 0 unspecified atom stereocenters. The first-order valence-corrected chi connectivity index (χ1v) is 6.54. The van der Waals surface area contributed by atoms with Gasteiger partial charge in [0.2, 0.25) is 0 Å². The minimum atomic E-state index is -0.132. The van der Waals surface area contributed by atoms with Crippen LogP contribution in [0.1, 0.15) is 17.3 Å². The normalized spacial score (nSPS) is 16.4. The number of aromatic hydroxyl groups is 1. The van der Waals surface area contributed by atoms with E-state index >= 15 is 0 Å². The van der Waals surface area contributed by atoms with Crippen LogP contribution in [0.25, 0.3) is 0 Å². The first-order valence-electron chi connectivity index (χ1n) is 6.54. The number of hydrogen-bond donors (Lipinski definition) is 1. The molecule has 0 aromatic heterocycles. The molecule has 1 aliphatic heterocycles. The van der Waals surface area contributed by atoms with E-state index in [2.05, 4.69) is 11.8 Å². The third-order valence-electron chi connectivity index (χ3n) is 3.54. The number of piperazine rings is 1. The predicted molar refractivity (Wildman–Crippen MR) is 72.7 cm³/mol. The van der Waals surface area contributed by atoms with Crippen molar-refractivity contribution in [2.45, 2.75) is 6.92 Å². The minimum Gasteiger partial charge on any atom is -0.507 e. The maximum atomic E-state index is 12.4. The molecule has 1 amide bonds. The molecular weight excluding hydrogens is 244 g/mol. The summed E-state index contributed by atoms with van der Waals surface area (Å²) in [6, 6.07) is 4.72. The number of phenols is 1. The van der Waals surface area contributed by atoms with Crippen molar-refractivity contribution in [1.29, 1.82) is 0 Å². The average Bonchev–Trinajstić information content (AvgIpc) is 2.47. The van der Waals surface area contributed by atoms with Gasteiger partial charge in [0.15, 0.2) is 0 Å². The molecule has 1 aromatic rings. The van der Waals surface area contributed by atoms with Gasteiger partial charge in [-0.2, -0.15) is 0 Å². The number of carbonyl (C=O) groups excluding carboxylic acids is 1. The summed E-state index contributed by atoms with van der Waals surface area (Å²) in [4.78, 5) is 16.5. The van der Waals surface area contributed by atoms with Gasteiger partial charge in [-0.15, -0.1) is 0 Å². The Hall–Kier alpha value is -1.75. The number of phenolic OH excluding ortho intramolecular Hbond substituents is 1. The zero-order chi connectivity index (χ0) is 13.8. The van der Waals surface area contributed by atoms with Crippen LogP contribution >= 0.6 is 0 Å². The number of benzene rings is 1. The Morgan fingerprint density at radius 1 is 1.32 bits per heavy atom. The lowest BCUT2D eigenvalue weighted by Gasteiger charge is -2.34. The van der Waals surface area contributed by atoms with Gasteiger partial charge < -0.3 is 19.6 Å². The Morgan fingerprint density at radius 2 is 2.00 bits per heavy atom. The Balaban J connectivity index is 2.11. The van der Waals surface area contributed by atoms with E-state index in [1.54, 1.807) is 24.1 Å². The summed E-state index contributed by atoms with van der Waals surface area (Å²) < 4.78 is 5.09. The zero-order valence-corrected chi connectivity index (χ0v) is 11.4. The molecule has 2 rings (SSSR count). The van der Waals surface area contributed by atoms with Crippen molar-refractivity contribution in [3.8, 4) is 11.5 Å². The molecule has 5 heteroatoms. The number of likely N-dealkylation sites (N-methyl/N-ethyl adjacent to an activating group) is 1. The third kappa shape index (κ3) is 2.98. The van der Waals surface area contributed by atoms with Crippen LogP contribution in [0.3, 0.4) is 0 Å². The second-order valence-corrected chi connectivity index (χ2v) is 4.61. The van der Waals surface area contributed by atoms with Crippen LogP contribution in [0.5, 0.6) is 11.5 Å². The molecule has 1 saturated heterocycles. The molecule has 104 valence electrons. The van der Waals surface area contributed by atoms with Gasteiger partial charge >= 0.3 is 0 Å². The fourth-order valence-corrected chi connectivity index (χ4v) is 2.25. The van der Waals surface area contributed by atoms with Gasteiger partial charge in [-0.3, -0.25) is 4.79 Å². The number of carbonyl (C=O) groups is 1. The van der Waals surface area contributed by atoms with Crippen LogP contribution < -0.4 is 4.74 Å². The molecule has 1 N–H and O–H groups in total. The molecule has 5 nitrogen and oxygen atoms in total. The van der Waals surface area contributed by atoms with E-state index < -0.39 is 0 Å². The number of hydrogen-bond acceptors (Lipinski definition) is 4. The summed E-state index contributed by atoms with van der Waals surface area (Å²) in [6.07, 6.45) is 0. The van der Waals surface area contributed by atoms with E-state index in [9.17, 15) is 9.90 Å². The summed E-state index contributed by atoms with van der Waals surface area (Å²) in [6.45, 7) is 6.28. The second-order valence-electron chi connectivity index (χ2n) is 4.61. The van der Waals surface area contributed by atoms with Gasteiger partial charge in [0.25, 0.3) is 5.91 Å². The molecule has 19 heavy (non-hydrogen) atoms. The van der Waals surface area contributed by atoms with Crippen LogP contribution in [0.2, 0.25) is 0 Å². The van der Waals surface area contributed by atoms with Gasteiger partial charge in [0.1, 0.15) is 11.5 Å². The van der Waals surface area contributed by atoms with E-state index in [4.69, 9.17) is 4.74 Å².